The minimum absolute atomic E-state index is 0.183. The molecule has 0 spiro atoms. The lowest BCUT2D eigenvalue weighted by Gasteiger charge is -2.07. The van der Waals surface area contributed by atoms with E-state index in [4.69, 9.17) is 4.52 Å². The third-order valence-electron chi connectivity index (χ3n) is 2.78. The fourth-order valence-electron chi connectivity index (χ4n) is 1.40. The van der Waals surface area contributed by atoms with Crippen molar-refractivity contribution in [1.29, 1.82) is 0 Å². The van der Waals surface area contributed by atoms with Gasteiger partial charge < -0.3 is 9.63 Å². The Morgan fingerprint density at radius 3 is 2.63 bits per heavy atom. The zero-order chi connectivity index (χ0) is 13.8. The standard InChI is InChI=1S/C13H15FN2O2S/c1-8(9(2)17)13-15-12(16-18-13)7-19-11-5-3-10(14)4-6-11/h3-6,8-9,17H,7H2,1-2H3. The van der Waals surface area contributed by atoms with E-state index in [1.165, 1.54) is 23.9 Å². The summed E-state index contributed by atoms with van der Waals surface area (Å²) < 4.78 is 17.8. The zero-order valence-corrected chi connectivity index (χ0v) is 11.5. The predicted molar refractivity (Wildman–Crippen MR) is 70.4 cm³/mol. The van der Waals surface area contributed by atoms with Crippen LogP contribution in [0.3, 0.4) is 0 Å². The van der Waals surface area contributed by atoms with Crippen molar-refractivity contribution in [2.45, 2.75) is 36.5 Å². The largest absolute Gasteiger partial charge is 0.393 e. The Morgan fingerprint density at radius 1 is 1.32 bits per heavy atom. The number of hydrogen-bond acceptors (Lipinski definition) is 5. The van der Waals surface area contributed by atoms with Gasteiger partial charge in [0.1, 0.15) is 5.82 Å². The minimum Gasteiger partial charge on any atom is -0.393 e. The van der Waals surface area contributed by atoms with Gasteiger partial charge in [0.15, 0.2) is 5.82 Å². The summed E-state index contributed by atoms with van der Waals surface area (Å²) in [6, 6.07) is 6.25. The van der Waals surface area contributed by atoms with E-state index in [1.54, 1.807) is 19.1 Å². The predicted octanol–water partition coefficient (Wildman–Crippen LogP) is 2.99. The molecule has 1 N–H and O–H groups in total. The number of aliphatic hydroxyl groups is 1. The van der Waals surface area contributed by atoms with Gasteiger partial charge in [-0.3, -0.25) is 0 Å². The Kier molecular flexibility index (Phi) is 4.55. The summed E-state index contributed by atoms with van der Waals surface area (Å²) in [6.45, 7) is 3.51. The maximum absolute atomic E-state index is 12.7. The van der Waals surface area contributed by atoms with Crippen LogP contribution in [0.2, 0.25) is 0 Å². The molecule has 19 heavy (non-hydrogen) atoms. The Balaban J connectivity index is 1.95. The SMILES string of the molecule is CC(O)C(C)c1nc(CSc2ccc(F)cc2)no1. The van der Waals surface area contributed by atoms with E-state index in [-0.39, 0.29) is 11.7 Å². The van der Waals surface area contributed by atoms with Crippen LogP contribution in [0.15, 0.2) is 33.7 Å². The molecule has 1 aromatic heterocycles. The molecule has 6 heteroatoms. The molecule has 0 aliphatic heterocycles. The first-order chi connectivity index (χ1) is 9.06. The molecule has 2 atom stereocenters. The molecule has 0 amide bonds. The van der Waals surface area contributed by atoms with Crippen LogP contribution in [0.1, 0.15) is 31.5 Å². The molecular formula is C13H15FN2O2S. The highest BCUT2D eigenvalue weighted by Crippen LogP contribution is 2.23. The third kappa shape index (κ3) is 3.78. The smallest absolute Gasteiger partial charge is 0.232 e. The van der Waals surface area contributed by atoms with Crippen LogP contribution in [0.25, 0.3) is 0 Å². The summed E-state index contributed by atoms with van der Waals surface area (Å²) in [7, 11) is 0. The van der Waals surface area contributed by atoms with E-state index in [0.29, 0.717) is 17.5 Å². The molecule has 2 unspecified atom stereocenters. The number of nitrogens with zero attached hydrogens (tertiary/aromatic N) is 2. The highest BCUT2D eigenvalue weighted by Gasteiger charge is 2.18. The van der Waals surface area contributed by atoms with Crippen LogP contribution in [0.5, 0.6) is 0 Å². The van der Waals surface area contributed by atoms with Gasteiger partial charge in [0.05, 0.1) is 17.8 Å². The Morgan fingerprint density at radius 2 is 2.00 bits per heavy atom. The molecule has 2 aromatic rings. The minimum atomic E-state index is -0.530. The van der Waals surface area contributed by atoms with Crippen molar-refractivity contribution in [3.05, 3.63) is 41.8 Å². The van der Waals surface area contributed by atoms with Gasteiger partial charge in [-0.05, 0) is 31.2 Å². The molecule has 4 nitrogen and oxygen atoms in total. The number of hydrogen-bond donors (Lipinski definition) is 1. The van der Waals surface area contributed by atoms with Gasteiger partial charge in [-0.15, -0.1) is 11.8 Å². The van der Waals surface area contributed by atoms with E-state index in [0.717, 1.165) is 4.90 Å². The monoisotopic (exact) mass is 282 g/mol. The van der Waals surface area contributed by atoms with Crippen molar-refractivity contribution >= 4 is 11.8 Å². The average Bonchev–Trinajstić information content (AvgIpc) is 2.86. The molecular weight excluding hydrogens is 267 g/mol. The normalized spacial score (nSPS) is 14.3. The van der Waals surface area contributed by atoms with Gasteiger partial charge in [-0.2, -0.15) is 4.98 Å². The molecule has 1 aromatic carbocycles. The number of aromatic nitrogens is 2. The van der Waals surface area contributed by atoms with E-state index in [9.17, 15) is 9.50 Å². The number of aliphatic hydroxyl groups excluding tert-OH is 1. The first-order valence-electron chi connectivity index (χ1n) is 5.95. The summed E-state index contributed by atoms with van der Waals surface area (Å²) in [4.78, 5) is 5.17. The van der Waals surface area contributed by atoms with Crippen LogP contribution < -0.4 is 0 Å². The second-order valence-corrected chi connectivity index (χ2v) is 5.37. The van der Waals surface area contributed by atoms with E-state index in [1.807, 2.05) is 6.92 Å². The molecule has 0 bridgehead atoms. The van der Waals surface area contributed by atoms with Gasteiger partial charge >= 0.3 is 0 Å². The molecule has 0 aliphatic carbocycles. The Bertz CT molecular complexity index is 528. The quantitative estimate of drug-likeness (QED) is 0.854. The second kappa shape index (κ2) is 6.16. The summed E-state index contributed by atoms with van der Waals surface area (Å²) in [5.41, 5.74) is 0. The van der Waals surface area contributed by atoms with Gasteiger partial charge in [-0.25, -0.2) is 4.39 Å². The number of benzene rings is 1. The molecule has 1 heterocycles. The first kappa shape index (κ1) is 14.0. The van der Waals surface area contributed by atoms with Gasteiger partial charge in [-0.1, -0.05) is 12.1 Å². The molecule has 0 fully saturated rings. The Labute approximate surface area is 115 Å². The molecule has 0 saturated heterocycles. The molecule has 0 saturated carbocycles. The van der Waals surface area contributed by atoms with Crippen LogP contribution in [0, 0.1) is 5.82 Å². The summed E-state index contributed by atoms with van der Waals surface area (Å²) in [5, 5.41) is 13.3. The Hall–Kier alpha value is -1.40. The van der Waals surface area contributed by atoms with Crippen LogP contribution in [0.4, 0.5) is 4.39 Å². The fourth-order valence-corrected chi connectivity index (χ4v) is 2.14. The van der Waals surface area contributed by atoms with Crippen LogP contribution in [-0.4, -0.2) is 21.4 Å². The molecule has 0 aliphatic rings. The lowest BCUT2D eigenvalue weighted by atomic mass is 10.1. The van der Waals surface area contributed by atoms with Crippen molar-refractivity contribution in [3.63, 3.8) is 0 Å². The van der Waals surface area contributed by atoms with E-state index in [2.05, 4.69) is 10.1 Å². The fraction of sp³-hybridized carbons (Fsp3) is 0.385. The van der Waals surface area contributed by atoms with Gasteiger partial charge in [0.25, 0.3) is 0 Å². The van der Waals surface area contributed by atoms with Crippen molar-refractivity contribution in [2.75, 3.05) is 0 Å². The van der Waals surface area contributed by atoms with Crippen molar-refractivity contribution in [3.8, 4) is 0 Å². The summed E-state index contributed by atoms with van der Waals surface area (Å²) >= 11 is 1.50. The first-order valence-corrected chi connectivity index (χ1v) is 6.93. The second-order valence-electron chi connectivity index (χ2n) is 4.32. The number of halogens is 1. The van der Waals surface area contributed by atoms with E-state index < -0.39 is 6.10 Å². The summed E-state index contributed by atoms with van der Waals surface area (Å²) in [5.74, 6) is 1.11. The maximum atomic E-state index is 12.7. The zero-order valence-electron chi connectivity index (χ0n) is 10.7. The molecule has 0 radical (unpaired) electrons. The lowest BCUT2D eigenvalue weighted by Crippen LogP contribution is -2.11. The topological polar surface area (TPSA) is 59.2 Å². The molecule has 2 rings (SSSR count). The molecule has 102 valence electrons. The lowest BCUT2D eigenvalue weighted by molar-refractivity contribution is 0.151. The van der Waals surface area contributed by atoms with E-state index >= 15 is 0 Å². The number of thioether (sulfide) groups is 1. The number of rotatable bonds is 5. The van der Waals surface area contributed by atoms with Crippen molar-refractivity contribution < 1.29 is 14.0 Å². The van der Waals surface area contributed by atoms with Crippen molar-refractivity contribution in [2.24, 2.45) is 0 Å². The van der Waals surface area contributed by atoms with Crippen molar-refractivity contribution in [1.82, 2.24) is 10.1 Å². The summed E-state index contributed by atoms with van der Waals surface area (Å²) in [6.07, 6.45) is -0.530. The highest BCUT2D eigenvalue weighted by molar-refractivity contribution is 7.98. The van der Waals surface area contributed by atoms with Crippen LogP contribution in [-0.2, 0) is 5.75 Å². The highest BCUT2D eigenvalue weighted by atomic mass is 32.2. The third-order valence-corrected chi connectivity index (χ3v) is 3.79. The maximum Gasteiger partial charge on any atom is 0.232 e. The average molecular weight is 282 g/mol. The van der Waals surface area contributed by atoms with Gasteiger partial charge in [0.2, 0.25) is 5.89 Å². The van der Waals surface area contributed by atoms with Gasteiger partial charge in [0, 0.05) is 4.90 Å². The van der Waals surface area contributed by atoms with Crippen LogP contribution >= 0.6 is 11.8 Å².